The van der Waals surface area contributed by atoms with Gasteiger partial charge in [-0.25, -0.2) is 9.98 Å². The number of rotatable bonds is 0. The van der Waals surface area contributed by atoms with E-state index >= 15 is 0 Å². The van der Waals surface area contributed by atoms with Crippen LogP contribution in [0.5, 0.6) is 0 Å². The smallest absolute Gasteiger partial charge is 0.267 e. The van der Waals surface area contributed by atoms with Gasteiger partial charge in [0.25, 0.3) is 5.85 Å². The lowest BCUT2D eigenvalue weighted by atomic mass is 10.2. The van der Waals surface area contributed by atoms with Crippen LogP contribution in [0.3, 0.4) is 0 Å². The van der Waals surface area contributed by atoms with Crippen LogP contribution in [0.4, 0.5) is 0 Å². The minimum Gasteiger partial charge on any atom is -0.385 e. The second kappa shape index (κ2) is 1.79. The number of fused-ring (bicyclic) bond motifs is 1. The first kappa shape index (κ1) is 6.29. The third-order valence-corrected chi connectivity index (χ3v) is 1.62. The number of hydrogen-bond acceptors (Lipinski definition) is 6. The Balaban J connectivity index is 2.40. The minimum atomic E-state index is -1.40. The summed E-state index contributed by atoms with van der Waals surface area (Å²) in [6, 6.07) is -0.576. The van der Waals surface area contributed by atoms with Gasteiger partial charge in [0.1, 0.15) is 12.2 Å². The Labute approximate surface area is 62.6 Å². The average molecular weight is 153 g/mol. The molecule has 0 aliphatic carbocycles. The Morgan fingerprint density at radius 2 is 2.55 bits per heavy atom. The second-order valence-corrected chi connectivity index (χ2v) is 2.35. The second-order valence-electron chi connectivity index (χ2n) is 2.35. The molecule has 2 heterocycles. The molecule has 0 radical (unpaired) electrons. The van der Waals surface area contributed by atoms with Crippen LogP contribution in [0.2, 0.25) is 0 Å². The number of nitrogens with one attached hydrogen (secondary N) is 1. The summed E-state index contributed by atoms with van der Waals surface area (Å²) in [7, 11) is 0. The average Bonchev–Trinajstić information content (AvgIpc) is 2.31. The molecule has 58 valence electrons. The molecule has 0 aromatic carbocycles. The fourth-order valence-electron chi connectivity index (χ4n) is 1.03. The summed E-state index contributed by atoms with van der Waals surface area (Å²) in [6.45, 7) is 0. The lowest BCUT2D eigenvalue weighted by Crippen LogP contribution is -2.53. The van der Waals surface area contributed by atoms with E-state index in [0.29, 0.717) is 0 Å². The van der Waals surface area contributed by atoms with Gasteiger partial charge in [0.15, 0.2) is 6.04 Å². The van der Waals surface area contributed by atoms with Gasteiger partial charge in [-0.2, -0.15) is 0 Å². The Hall–Kier alpha value is -1.43. The van der Waals surface area contributed by atoms with Crippen molar-refractivity contribution in [2.24, 2.45) is 20.7 Å². The highest BCUT2D eigenvalue weighted by Gasteiger charge is 2.43. The number of aliphatic hydroxyl groups is 1. The molecule has 6 heteroatoms. The molecule has 0 aromatic heterocycles. The van der Waals surface area contributed by atoms with Crippen LogP contribution >= 0.6 is 0 Å². The third-order valence-electron chi connectivity index (χ3n) is 1.62. The summed E-state index contributed by atoms with van der Waals surface area (Å²) in [5.41, 5.74) is 5.45. The van der Waals surface area contributed by atoms with Crippen molar-refractivity contribution in [2.75, 3.05) is 0 Å². The Morgan fingerprint density at radius 3 is 3.27 bits per heavy atom. The van der Waals surface area contributed by atoms with Gasteiger partial charge >= 0.3 is 0 Å². The molecule has 0 saturated carbocycles. The number of nitrogens with two attached hydrogens (primary N) is 1. The van der Waals surface area contributed by atoms with E-state index in [1.165, 1.54) is 12.7 Å². The SMILES string of the molecule is NC1=NC=N[C@@]2(O)NC=N[C@@H]12. The van der Waals surface area contributed by atoms with Gasteiger partial charge in [-0.05, 0) is 0 Å². The van der Waals surface area contributed by atoms with E-state index in [9.17, 15) is 5.11 Å². The number of aliphatic imine (C=N–C) groups is 3. The summed E-state index contributed by atoms with van der Waals surface area (Å²) in [5.74, 6) is -1.13. The number of hydrogen-bond donors (Lipinski definition) is 3. The summed E-state index contributed by atoms with van der Waals surface area (Å²) < 4.78 is 0. The molecule has 0 amide bonds. The fraction of sp³-hybridized carbons (Fsp3) is 0.400. The van der Waals surface area contributed by atoms with Crippen molar-refractivity contribution in [3.63, 3.8) is 0 Å². The van der Waals surface area contributed by atoms with Gasteiger partial charge in [-0.1, -0.05) is 0 Å². The van der Waals surface area contributed by atoms with Crippen molar-refractivity contribution in [2.45, 2.75) is 11.9 Å². The molecule has 0 fully saturated rings. The highest BCUT2D eigenvalue weighted by atomic mass is 16.3. The molecular weight excluding hydrogens is 146 g/mol. The van der Waals surface area contributed by atoms with E-state index in [1.807, 2.05) is 0 Å². The zero-order valence-corrected chi connectivity index (χ0v) is 5.60. The van der Waals surface area contributed by atoms with Crippen molar-refractivity contribution in [1.29, 1.82) is 0 Å². The molecule has 0 bridgehead atoms. The van der Waals surface area contributed by atoms with E-state index in [2.05, 4.69) is 20.3 Å². The molecule has 0 unspecified atom stereocenters. The van der Waals surface area contributed by atoms with E-state index in [-0.39, 0.29) is 5.84 Å². The van der Waals surface area contributed by atoms with Crippen LogP contribution in [0.1, 0.15) is 0 Å². The van der Waals surface area contributed by atoms with Gasteiger partial charge in [0, 0.05) is 0 Å². The van der Waals surface area contributed by atoms with Gasteiger partial charge in [0.05, 0.1) is 6.34 Å². The van der Waals surface area contributed by atoms with Crippen molar-refractivity contribution >= 4 is 18.5 Å². The van der Waals surface area contributed by atoms with E-state index < -0.39 is 11.9 Å². The molecule has 0 spiro atoms. The monoisotopic (exact) mass is 153 g/mol. The standard InChI is InChI=1S/C5H7N5O/c6-4-3-5(11,9-1-7-3)10-2-8-4/h1-3,11H,(H,7,9)(H2,6,8,10)/t3-,5-/m0/s1. The lowest BCUT2D eigenvalue weighted by Gasteiger charge is -2.25. The Morgan fingerprint density at radius 1 is 1.73 bits per heavy atom. The predicted molar refractivity (Wildman–Crippen MR) is 40.5 cm³/mol. The van der Waals surface area contributed by atoms with Crippen LogP contribution in [0.15, 0.2) is 15.0 Å². The van der Waals surface area contributed by atoms with Gasteiger partial charge in [-0.15, -0.1) is 0 Å². The highest BCUT2D eigenvalue weighted by molar-refractivity contribution is 5.96. The number of amidine groups is 1. The van der Waals surface area contributed by atoms with Crippen LogP contribution in [0.25, 0.3) is 0 Å². The quantitative estimate of drug-likeness (QED) is 0.376. The molecule has 2 atom stereocenters. The maximum Gasteiger partial charge on any atom is 0.267 e. The maximum atomic E-state index is 9.59. The molecule has 6 nitrogen and oxygen atoms in total. The molecule has 2 aliphatic heterocycles. The van der Waals surface area contributed by atoms with Crippen LogP contribution in [-0.2, 0) is 0 Å². The third kappa shape index (κ3) is 0.726. The zero-order valence-electron chi connectivity index (χ0n) is 5.60. The molecular formula is C5H7N5O. The highest BCUT2D eigenvalue weighted by Crippen LogP contribution is 2.18. The predicted octanol–water partition coefficient (Wildman–Crippen LogP) is -1.97. The van der Waals surface area contributed by atoms with Crippen molar-refractivity contribution in [3.8, 4) is 0 Å². The largest absolute Gasteiger partial charge is 0.385 e. The Bertz CT molecular complexity index is 270. The maximum absolute atomic E-state index is 9.59. The lowest BCUT2D eigenvalue weighted by molar-refractivity contribution is 0.0376. The van der Waals surface area contributed by atoms with E-state index in [0.717, 1.165) is 0 Å². The normalized spacial score (nSPS) is 39.7. The number of nitrogens with zero attached hydrogens (tertiary/aromatic N) is 3. The molecule has 11 heavy (non-hydrogen) atoms. The molecule has 2 aliphatic rings. The van der Waals surface area contributed by atoms with Gasteiger partial charge in [-0.3, -0.25) is 4.99 Å². The fourth-order valence-corrected chi connectivity index (χ4v) is 1.03. The van der Waals surface area contributed by atoms with E-state index in [1.54, 1.807) is 0 Å². The van der Waals surface area contributed by atoms with Crippen LogP contribution < -0.4 is 11.1 Å². The van der Waals surface area contributed by atoms with E-state index in [4.69, 9.17) is 5.73 Å². The van der Waals surface area contributed by atoms with Crippen molar-refractivity contribution in [1.82, 2.24) is 5.32 Å². The first-order valence-corrected chi connectivity index (χ1v) is 3.11. The summed E-state index contributed by atoms with van der Waals surface area (Å²) in [5, 5.41) is 12.2. The molecule has 0 aromatic rings. The van der Waals surface area contributed by atoms with Crippen molar-refractivity contribution in [3.05, 3.63) is 0 Å². The topological polar surface area (TPSA) is 95.4 Å². The van der Waals surface area contributed by atoms with Gasteiger partial charge in [0.2, 0.25) is 0 Å². The molecule has 2 rings (SSSR count). The first-order valence-electron chi connectivity index (χ1n) is 3.11. The molecule has 4 N–H and O–H groups in total. The summed E-state index contributed by atoms with van der Waals surface area (Å²) >= 11 is 0. The summed E-state index contributed by atoms with van der Waals surface area (Å²) in [4.78, 5) is 11.3. The first-order chi connectivity index (χ1) is 5.22. The van der Waals surface area contributed by atoms with Crippen LogP contribution in [-0.4, -0.2) is 35.5 Å². The van der Waals surface area contributed by atoms with Crippen molar-refractivity contribution < 1.29 is 5.11 Å². The van der Waals surface area contributed by atoms with Gasteiger partial charge < -0.3 is 16.2 Å². The minimum absolute atomic E-state index is 0.267. The van der Waals surface area contributed by atoms with Crippen LogP contribution in [0, 0.1) is 0 Å². The summed E-state index contributed by atoms with van der Waals surface area (Å²) in [6.07, 6.45) is 2.59. The zero-order chi connectivity index (χ0) is 7.90. The Kier molecular flexibility index (Phi) is 1.02. The molecule has 0 saturated heterocycles.